The second-order valence-electron chi connectivity index (χ2n) is 11.8. The Hall–Kier alpha value is -6.06. The Bertz CT molecular complexity index is 2810. The first-order valence-electron chi connectivity index (χ1n) is 15.2. The molecule has 10 aromatic rings. The van der Waals surface area contributed by atoms with Gasteiger partial charge >= 0.3 is 0 Å². The molecule has 2 heterocycles. The van der Waals surface area contributed by atoms with Crippen LogP contribution < -0.4 is 0 Å². The number of aromatic nitrogens is 2. The van der Waals surface area contributed by atoms with Crippen molar-refractivity contribution in [2.75, 3.05) is 0 Å². The number of furan rings is 1. The molecule has 208 valence electrons. The summed E-state index contributed by atoms with van der Waals surface area (Å²) in [6.07, 6.45) is 0. The second kappa shape index (κ2) is 9.22. The Morgan fingerprint density at radius 3 is 1.98 bits per heavy atom. The third-order valence-corrected chi connectivity index (χ3v) is 9.19. The van der Waals surface area contributed by atoms with Crippen LogP contribution in [-0.2, 0) is 0 Å². The normalized spacial score (nSPS) is 12.0. The molecule has 0 fully saturated rings. The van der Waals surface area contributed by atoms with Gasteiger partial charge in [0.1, 0.15) is 11.2 Å². The largest absolute Gasteiger partial charge is 0.456 e. The van der Waals surface area contributed by atoms with Crippen LogP contribution in [0.5, 0.6) is 0 Å². The topological polar surface area (TPSA) is 38.9 Å². The van der Waals surface area contributed by atoms with E-state index in [1.165, 1.54) is 32.3 Å². The molecule has 0 bridgehead atoms. The van der Waals surface area contributed by atoms with Crippen LogP contribution in [0.25, 0.3) is 98.6 Å². The Balaban J connectivity index is 1.25. The van der Waals surface area contributed by atoms with E-state index >= 15 is 0 Å². The highest BCUT2D eigenvalue weighted by Crippen LogP contribution is 2.40. The monoisotopic (exact) mass is 572 g/mol. The molecule has 10 rings (SSSR count). The molecule has 3 heteroatoms. The van der Waals surface area contributed by atoms with Gasteiger partial charge in [0.2, 0.25) is 0 Å². The van der Waals surface area contributed by atoms with E-state index in [2.05, 4.69) is 127 Å². The number of benzene rings is 8. The molecule has 0 aliphatic carbocycles. The van der Waals surface area contributed by atoms with E-state index in [0.717, 1.165) is 66.3 Å². The van der Waals surface area contributed by atoms with E-state index in [-0.39, 0.29) is 0 Å². The highest BCUT2D eigenvalue weighted by atomic mass is 16.3. The molecule has 2 aromatic heterocycles. The van der Waals surface area contributed by atoms with Gasteiger partial charge in [-0.2, -0.15) is 0 Å². The molecule has 8 aromatic carbocycles. The van der Waals surface area contributed by atoms with Gasteiger partial charge < -0.3 is 4.42 Å². The highest BCUT2D eigenvalue weighted by Gasteiger charge is 2.17. The Morgan fingerprint density at radius 2 is 1.09 bits per heavy atom. The molecule has 0 spiro atoms. The van der Waals surface area contributed by atoms with Crippen LogP contribution in [0.4, 0.5) is 0 Å². The van der Waals surface area contributed by atoms with Crippen LogP contribution in [0.15, 0.2) is 150 Å². The minimum atomic E-state index is 0.886. The predicted molar refractivity (Wildman–Crippen MR) is 188 cm³/mol. The zero-order valence-corrected chi connectivity index (χ0v) is 24.2. The third-order valence-electron chi connectivity index (χ3n) is 9.19. The van der Waals surface area contributed by atoms with Crippen molar-refractivity contribution in [3.63, 3.8) is 0 Å². The maximum absolute atomic E-state index is 6.22. The summed E-state index contributed by atoms with van der Waals surface area (Å²) in [5.41, 5.74) is 7.52. The molecule has 0 amide bonds. The van der Waals surface area contributed by atoms with Crippen molar-refractivity contribution in [3.05, 3.63) is 146 Å². The maximum atomic E-state index is 6.22. The van der Waals surface area contributed by atoms with Crippen molar-refractivity contribution < 1.29 is 4.42 Å². The summed E-state index contributed by atoms with van der Waals surface area (Å²) >= 11 is 0. The first kappa shape index (κ1) is 24.4. The highest BCUT2D eigenvalue weighted by molar-refractivity contribution is 6.23. The number of rotatable bonds is 2. The van der Waals surface area contributed by atoms with E-state index in [9.17, 15) is 0 Å². The summed E-state index contributed by atoms with van der Waals surface area (Å²) in [7, 11) is 0. The number of para-hydroxylation sites is 1. The molecule has 0 atom stereocenters. The van der Waals surface area contributed by atoms with Crippen LogP contribution in [0, 0.1) is 0 Å². The maximum Gasteiger partial charge on any atom is 0.136 e. The van der Waals surface area contributed by atoms with E-state index in [0.29, 0.717) is 0 Å². The van der Waals surface area contributed by atoms with Gasteiger partial charge in [0, 0.05) is 27.3 Å². The quantitative estimate of drug-likeness (QED) is 0.193. The molecule has 0 saturated heterocycles. The number of fused-ring (bicyclic) bond motifs is 11. The average Bonchev–Trinajstić information content (AvgIpc) is 3.47. The van der Waals surface area contributed by atoms with Crippen molar-refractivity contribution >= 4 is 76.1 Å². The summed E-state index contributed by atoms with van der Waals surface area (Å²) in [4.78, 5) is 10.6. The molecule has 0 aliphatic rings. The third kappa shape index (κ3) is 3.65. The van der Waals surface area contributed by atoms with E-state index < -0.39 is 0 Å². The molecule has 0 unspecified atom stereocenters. The lowest BCUT2D eigenvalue weighted by Gasteiger charge is -2.14. The van der Waals surface area contributed by atoms with Crippen molar-refractivity contribution in [3.8, 4) is 22.5 Å². The number of hydrogen-bond donors (Lipinski definition) is 0. The SMILES string of the molecule is c1ccc(-c2nc3ccc4ccccc4c3nc2-c2ccc3c(ccc4ccc5cc6oc7ccccc7c6cc5c43)c2)cc1. The fraction of sp³-hybridized carbons (Fsp3) is 0. The summed E-state index contributed by atoms with van der Waals surface area (Å²) in [5.74, 6) is 0. The number of nitrogens with zero attached hydrogens (tertiary/aromatic N) is 2. The van der Waals surface area contributed by atoms with Gasteiger partial charge in [-0.1, -0.05) is 115 Å². The summed E-state index contributed by atoms with van der Waals surface area (Å²) in [6.45, 7) is 0. The first-order valence-corrected chi connectivity index (χ1v) is 15.2. The molecule has 45 heavy (non-hydrogen) atoms. The van der Waals surface area contributed by atoms with Gasteiger partial charge in [0.15, 0.2) is 0 Å². The summed E-state index contributed by atoms with van der Waals surface area (Å²) in [5, 5.41) is 11.8. The fourth-order valence-electron chi connectivity index (χ4n) is 7.04. The first-order chi connectivity index (χ1) is 22.3. The fourth-order valence-corrected chi connectivity index (χ4v) is 7.04. The van der Waals surface area contributed by atoms with Gasteiger partial charge in [0.25, 0.3) is 0 Å². The molecule has 0 N–H and O–H groups in total. The molecular weight excluding hydrogens is 548 g/mol. The molecule has 0 aliphatic heterocycles. The van der Waals surface area contributed by atoms with Crippen molar-refractivity contribution in [1.82, 2.24) is 9.97 Å². The molecular formula is C42H24N2O. The van der Waals surface area contributed by atoms with Crippen LogP contribution >= 0.6 is 0 Å². The van der Waals surface area contributed by atoms with E-state index in [4.69, 9.17) is 14.4 Å². The Labute approximate surface area is 258 Å². The Morgan fingerprint density at radius 1 is 0.378 bits per heavy atom. The van der Waals surface area contributed by atoms with Gasteiger partial charge in [-0.05, 0) is 68.0 Å². The van der Waals surface area contributed by atoms with Crippen molar-refractivity contribution in [2.45, 2.75) is 0 Å². The van der Waals surface area contributed by atoms with Gasteiger partial charge in [-0.15, -0.1) is 0 Å². The van der Waals surface area contributed by atoms with Crippen LogP contribution in [0.3, 0.4) is 0 Å². The molecule has 0 radical (unpaired) electrons. The lowest BCUT2D eigenvalue weighted by Crippen LogP contribution is -1.96. The van der Waals surface area contributed by atoms with Crippen LogP contribution in [-0.4, -0.2) is 9.97 Å². The molecule has 0 saturated carbocycles. The predicted octanol–water partition coefficient (Wildman–Crippen LogP) is 11.5. The van der Waals surface area contributed by atoms with E-state index in [1.807, 2.05) is 18.2 Å². The lowest BCUT2D eigenvalue weighted by atomic mass is 9.93. The Kier molecular flexibility index (Phi) is 5.00. The standard InChI is InChI=1S/C42H24N2O/c1-2-9-27(10-3-1)40-41(44-42-32-11-5-4-8-25(32)19-21-36(42)43-40)30-18-20-31-28(22-30)16-14-26-15-17-29-23-38-35(24-34(29)39(26)31)33-12-6-7-13-37(33)45-38/h1-24H. The van der Waals surface area contributed by atoms with Gasteiger partial charge in [-0.25, -0.2) is 9.97 Å². The zero-order valence-electron chi connectivity index (χ0n) is 24.2. The van der Waals surface area contributed by atoms with Gasteiger partial charge in [0.05, 0.1) is 22.4 Å². The molecule has 3 nitrogen and oxygen atoms in total. The van der Waals surface area contributed by atoms with Crippen molar-refractivity contribution in [2.24, 2.45) is 0 Å². The average molecular weight is 573 g/mol. The van der Waals surface area contributed by atoms with Crippen LogP contribution in [0.1, 0.15) is 0 Å². The summed E-state index contributed by atoms with van der Waals surface area (Å²) in [6, 6.07) is 51.4. The second-order valence-corrected chi connectivity index (χ2v) is 11.8. The zero-order chi connectivity index (χ0) is 29.5. The van der Waals surface area contributed by atoms with Gasteiger partial charge in [-0.3, -0.25) is 0 Å². The van der Waals surface area contributed by atoms with E-state index in [1.54, 1.807) is 0 Å². The van der Waals surface area contributed by atoms with Crippen molar-refractivity contribution in [1.29, 1.82) is 0 Å². The van der Waals surface area contributed by atoms with Crippen LogP contribution in [0.2, 0.25) is 0 Å². The minimum absolute atomic E-state index is 0.886. The smallest absolute Gasteiger partial charge is 0.136 e. The lowest BCUT2D eigenvalue weighted by molar-refractivity contribution is 0.669. The number of hydrogen-bond acceptors (Lipinski definition) is 3. The minimum Gasteiger partial charge on any atom is -0.456 e. The summed E-state index contributed by atoms with van der Waals surface area (Å²) < 4.78 is 6.22.